The SMILES string of the molecule is CCCOC(C)(C)CNC(=O)CCCCC(C)C.CNC(=O)C(C)C. The fraction of sp³-hybridized carbons (Fsp3) is 0.900. The molecule has 5 heteroatoms. The molecule has 0 aromatic heterocycles. The third-order valence-corrected chi connectivity index (χ3v) is 3.61. The van der Waals surface area contributed by atoms with Crippen molar-refractivity contribution in [3.8, 4) is 0 Å². The molecule has 150 valence electrons. The van der Waals surface area contributed by atoms with Crippen molar-refractivity contribution in [2.24, 2.45) is 11.8 Å². The van der Waals surface area contributed by atoms with Gasteiger partial charge in [-0.25, -0.2) is 0 Å². The van der Waals surface area contributed by atoms with Gasteiger partial charge in [0.2, 0.25) is 11.8 Å². The van der Waals surface area contributed by atoms with Crippen molar-refractivity contribution in [1.29, 1.82) is 0 Å². The molecule has 0 bridgehead atoms. The van der Waals surface area contributed by atoms with Crippen molar-refractivity contribution >= 4 is 11.8 Å². The van der Waals surface area contributed by atoms with Crippen LogP contribution >= 0.6 is 0 Å². The predicted molar refractivity (Wildman–Crippen MR) is 106 cm³/mol. The summed E-state index contributed by atoms with van der Waals surface area (Å²) in [5.41, 5.74) is -0.260. The van der Waals surface area contributed by atoms with E-state index in [1.807, 2.05) is 27.7 Å². The Morgan fingerprint density at radius 3 is 2.08 bits per heavy atom. The molecule has 0 fully saturated rings. The van der Waals surface area contributed by atoms with Crippen molar-refractivity contribution in [2.75, 3.05) is 20.2 Å². The van der Waals surface area contributed by atoms with E-state index in [0.29, 0.717) is 13.0 Å². The molecular weight excluding hydrogens is 316 g/mol. The van der Waals surface area contributed by atoms with Crippen LogP contribution in [0.5, 0.6) is 0 Å². The van der Waals surface area contributed by atoms with Crippen molar-refractivity contribution < 1.29 is 14.3 Å². The van der Waals surface area contributed by atoms with Crippen LogP contribution in [0.15, 0.2) is 0 Å². The van der Waals surface area contributed by atoms with E-state index in [0.717, 1.165) is 31.8 Å². The number of carbonyl (C=O) groups is 2. The summed E-state index contributed by atoms with van der Waals surface area (Å²) in [7, 11) is 1.64. The second kappa shape index (κ2) is 15.2. The lowest BCUT2D eigenvalue weighted by molar-refractivity contribution is -0.123. The Morgan fingerprint density at radius 2 is 1.68 bits per heavy atom. The molecule has 0 aliphatic heterocycles. The van der Waals surface area contributed by atoms with Crippen LogP contribution in [0.2, 0.25) is 0 Å². The van der Waals surface area contributed by atoms with E-state index in [1.54, 1.807) is 7.05 Å². The van der Waals surface area contributed by atoms with Gasteiger partial charge in [0.15, 0.2) is 0 Å². The normalized spacial score (nSPS) is 11.1. The van der Waals surface area contributed by atoms with E-state index in [1.165, 1.54) is 6.42 Å². The van der Waals surface area contributed by atoms with Gasteiger partial charge in [0.25, 0.3) is 0 Å². The maximum Gasteiger partial charge on any atom is 0.222 e. The summed E-state index contributed by atoms with van der Waals surface area (Å²) in [6, 6.07) is 0. The third-order valence-electron chi connectivity index (χ3n) is 3.61. The second-order valence-electron chi connectivity index (χ2n) is 7.79. The molecule has 0 rings (SSSR count). The number of carbonyl (C=O) groups excluding carboxylic acids is 2. The summed E-state index contributed by atoms with van der Waals surface area (Å²) in [6.45, 7) is 15.6. The lowest BCUT2D eigenvalue weighted by Gasteiger charge is -2.25. The predicted octanol–water partition coefficient (Wildman–Crippen LogP) is 3.91. The molecule has 0 aromatic carbocycles. The van der Waals surface area contributed by atoms with Gasteiger partial charge in [-0.2, -0.15) is 0 Å². The number of hydrogen-bond acceptors (Lipinski definition) is 3. The molecule has 2 N–H and O–H groups in total. The lowest BCUT2D eigenvalue weighted by atomic mass is 10.1. The van der Waals surface area contributed by atoms with Crippen LogP contribution in [0.25, 0.3) is 0 Å². The molecule has 2 amide bonds. The second-order valence-corrected chi connectivity index (χ2v) is 7.79. The van der Waals surface area contributed by atoms with Crippen LogP contribution < -0.4 is 10.6 Å². The van der Waals surface area contributed by atoms with Gasteiger partial charge in [-0.1, -0.05) is 47.5 Å². The third kappa shape index (κ3) is 19.1. The molecule has 0 heterocycles. The molecule has 0 spiro atoms. The number of nitrogens with one attached hydrogen (secondary N) is 2. The summed E-state index contributed by atoms with van der Waals surface area (Å²) < 4.78 is 5.67. The number of amides is 2. The maximum atomic E-state index is 11.6. The Labute approximate surface area is 155 Å². The molecule has 0 unspecified atom stereocenters. The van der Waals surface area contributed by atoms with Gasteiger partial charge in [0.1, 0.15) is 0 Å². The Balaban J connectivity index is 0. The summed E-state index contributed by atoms with van der Waals surface area (Å²) in [5, 5.41) is 5.48. The van der Waals surface area contributed by atoms with E-state index in [2.05, 4.69) is 31.4 Å². The number of rotatable bonds is 11. The number of unbranched alkanes of at least 4 members (excludes halogenated alkanes) is 1. The highest BCUT2D eigenvalue weighted by Crippen LogP contribution is 2.10. The minimum absolute atomic E-state index is 0.0972. The first-order valence-electron chi connectivity index (χ1n) is 9.68. The molecule has 0 aliphatic carbocycles. The maximum absolute atomic E-state index is 11.6. The van der Waals surface area contributed by atoms with Crippen LogP contribution in [-0.4, -0.2) is 37.6 Å². The molecule has 5 nitrogen and oxygen atoms in total. The van der Waals surface area contributed by atoms with E-state index in [4.69, 9.17) is 4.74 Å². The molecule has 0 saturated carbocycles. The van der Waals surface area contributed by atoms with E-state index >= 15 is 0 Å². The van der Waals surface area contributed by atoms with Crippen molar-refractivity contribution in [2.45, 2.75) is 86.2 Å². The van der Waals surface area contributed by atoms with E-state index in [9.17, 15) is 9.59 Å². The molecule has 0 radical (unpaired) electrons. The minimum Gasteiger partial charge on any atom is -0.374 e. The first-order chi connectivity index (χ1) is 11.6. The highest BCUT2D eigenvalue weighted by Gasteiger charge is 2.18. The van der Waals surface area contributed by atoms with Gasteiger partial charge in [-0.15, -0.1) is 0 Å². The van der Waals surface area contributed by atoms with Crippen molar-refractivity contribution in [3.63, 3.8) is 0 Å². The zero-order valence-corrected chi connectivity index (χ0v) is 17.8. The van der Waals surface area contributed by atoms with Gasteiger partial charge >= 0.3 is 0 Å². The summed E-state index contributed by atoms with van der Waals surface area (Å²) in [4.78, 5) is 22.0. The Hall–Kier alpha value is -1.10. The number of ether oxygens (including phenoxy) is 1. The van der Waals surface area contributed by atoms with Crippen molar-refractivity contribution in [3.05, 3.63) is 0 Å². The summed E-state index contributed by atoms with van der Waals surface area (Å²) in [6.07, 6.45) is 4.97. The molecule has 0 aromatic rings. The molecule has 0 atom stereocenters. The fourth-order valence-electron chi connectivity index (χ4n) is 1.96. The largest absolute Gasteiger partial charge is 0.374 e. The lowest BCUT2D eigenvalue weighted by Crippen LogP contribution is -2.40. The van der Waals surface area contributed by atoms with Gasteiger partial charge in [-0.05, 0) is 32.6 Å². The standard InChI is InChI=1S/C15H31NO2.C5H11NO/c1-6-11-18-15(4,5)12-16-14(17)10-8-7-9-13(2)3;1-4(2)5(7)6-3/h13H,6-12H2,1-5H3,(H,16,17);4H,1-3H3,(H,6,7). The highest BCUT2D eigenvalue weighted by atomic mass is 16.5. The smallest absolute Gasteiger partial charge is 0.222 e. The van der Waals surface area contributed by atoms with E-state index in [-0.39, 0.29) is 23.3 Å². The highest BCUT2D eigenvalue weighted by molar-refractivity contribution is 5.77. The summed E-state index contributed by atoms with van der Waals surface area (Å²) in [5.74, 6) is 1.09. The molecule has 0 saturated heterocycles. The van der Waals surface area contributed by atoms with Crippen molar-refractivity contribution in [1.82, 2.24) is 10.6 Å². The minimum atomic E-state index is -0.260. The first kappa shape index (κ1) is 26.1. The zero-order valence-electron chi connectivity index (χ0n) is 17.8. The average Bonchev–Trinajstić information content (AvgIpc) is 2.54. The van der Waals surface area contributed by atoms with Crippen LogP contribution in [0.1, 0.15) is 80.6 Å². The molecular formula is C20H42N2O3. The topological polar surface area (TPSA) is 67.4 Å². The van der Waals surface area contributed by atoms with Gasteiger partial charge in [0, 0.05) is 32.5 Å². The fourth-order valence-corrected chi connectivity index (χ4v) is 1.96. The average molecular weight is 359 g/mol. The number of hydrogen-bond donors (Lipinski definition) is 2. The Kier molecular flexibility index (Phi) is 15.9. The first-order valence-corrected chi connectivity index (χ1v) is 9.68. The van der Waals surface area contributed by atoms with Gasteiger partial charge in [0.05, 0.1) is 5.60 Å². The Morgan fingerprint density at radius 1 is 1.08 bits per heavy atom. The zero-order chi connectivity index (χ0) is 19.9. The monoisotopic (exact) mass is 358 g/mol. The molecule has 0 aliphatic rings. The van der Waals surface area contributed by atoms with Crippen LogP contribution in [-0.2, 0) is 14.3 Å². The summed E-state index contributed by atoms with van der Waals surface area (Å²) >= 11 is 0. The van der Waals surface area contributed by atoms with Gasteiger partial charge < -0.3 is 15.4 Å². The van der Waals surface area contributed by atoms with Crippen LogP contribution in [0, 0.1) is 11.8 Å². The Bertz CT molecular complexity index is 353. The molecule has 25 heavy (non-hydrogen) atoms. The van der Waals surface area contributed by atoms with Crippen LogP contribution in [0.4, 0.5) is 0 Å². The van der Waals surface area contributed by atoms with E-state index < -0.39 is 0 Å². The quantitative estimate of drug-likeness (QED) is 0.550. The van der Waals surface area contributed by atoms with Crippen LogP contribution in [0.3, 0.4) is 0 Å². The van der Waals surface area contributed by atoms with Gasteiger partial charge in [-0.3, -0.25) is 9.59 Å².